The summed E-state index contributed by atoms with van der Waals surface area (Å²) in [6.07, 6.45) is 4.05. The second-order valence-electron chi connectivity index (χ2n) is 6.00. The van der Waals surface area contributed by atoms with Gasteiger partial charge in [0.1, 0.15) is 6.04 Å². The van der Waals surface area contributed by atoms with Gasteiger partial charge < -0.3 is 4.90 Å². The molecule has 0 spiro atoms. The van der Waals surface area contributed by atoms with Crippen molar-refractivity contribution >= 4 is 15.9 Å². The van der Waals surface area contributed by atoms with Gasteiger partial charge in [0.15, 0.2) is 0 Å². The molecule has 1 saturated heterocycles. The first kappa shape index (κ1) is 17.4. The third-order valence-electron chi connectivity index (χ3n) is 3.51. The molecule has 1 aliphatic rings. The van der Waals surface area contributed by atoms with E-state index in [1.54, 1.807) is 4.90 Å². The number of hydrogen-bond donors (Lipinski definition) is 1. The molecule has 1 heterocycles. The monoisotopic (exact) mass is 304 g/mol. The molecular formula is C14H28N2O3S. The molecule has 5 nitrogen and oxygen atoms in total. The minimum Gasteiger partial charge on any atom is -0.341 e. The quantitative estimate of drug-likeness (QED) is 0.743. The predicted molar refractivity (Wildman–Crippen MR) is 80.9 cm³/mol. The lowest BCUT2D eigenvalue weighted by Crippen LogP contribution is -2.48. The highest BCUT2D eigenvalue weighted by atomic mass is 32.2. The van der Waals surface area contributed by atoms with Crippen molar-refractivity contribution in [3.63, 3.8) is 0 Å². The Morgan fingerprint density at radius 2 is 1.85 bits per heavy atom. The molecule has 6 heteroatoms. The summed E-state index contributed by atoms with van der Waals surface area (Å²) in [6, 6.07) is -0.602. The fraction of sp³-hybridized carbons (Fsp3) is 0.929. The SMILES string of the molecule is CCCCS(=O)(=O)N[C@H](CC(C)C)C(=O)N1CCCC1. The summed E-state index contributed by atoms with van der Waals surface area (Å²) in [6.45, 7) is 7.47. The number of sulfonamides is 1. The van der Waals surface area contributed by atoms with Crippen LogP contribution in [0.3, 0.4) is 0 Å². The molecule has 1 rings (SSSR count). The van der Waals surface area contributed by atoms with E-state index in [0.29, 0.717) is 12.8 Å². The van der Waals surface area contributed by atoms with Crippen molar-refractivity contribution in [2.24, 2.45) is 5.92 Å². The van der Waals surface area contributed by atoms with E-state index in [9.17, 15) is 13.2 Å². The lowest BCUT2D eigenvalue weighted by molar-refractivity contribution is -0.132. The average Bonchev–Trinajstić information content (AvgIpc) is 2.87. The Bertz CT molecular complexity index is 401. The van der Waals surface area contributed by atoms with Crippen LogP contribution in [0.5, 0.6) is 0 Å². The molecule has 0 aromatic carbocycles. The van der Waals surface area contributed by atoms with E-state index < -0.39 is 16.1 Å². The fourth-order valence-electron chi connectivity index (χ4n) is 2.44. The summed E-state index contributed by atoms with van der Waals surface area (Å²) < 4.78 is 26.7. The minimum atomic E-state index is -3.36. The topological polar surface area (TPSA) is 66.5 Å². The third kappa shape index (κ3) is 5.79. The minimum absolute atomic E-state index is 0.0590. The van der Waals surface area contributed by atoms with E-state index in [4.69, 9.17) is 0 Å². The summed E-state index contributed by atoms with van der Waals surface area (Å²) in [5.41, 5.74) is 0. The molecule has 0 saturated carbocycles. The van der Waals surface area contributed by atoms with Crippen molar-refractivity contribution < 1.29 is 13.2 Å². The maximum absolute atomic E-state index is 12.4. The second kappa shape index (κ2) is 7.98. The van der Waals surface area contributed by atoms with Crippen LogP contribution in [0, 0.1) is 5.92 Å². The molecule has 1 atom stereocenters. The molecule has 1 N–H and O–H groups in total. The van der Waals surface area contributed by atoms with Crippen molar-refractivity contribution in [3.8, 4) is 0 Å². The van der Waals surface area contributed by atoms with E-state index in [1.165, 1.54) is 0 Å². The van der Waals surface area contributed by atoms with Crippen LogP contribution in [-0.4, -0.2) is 44.1 Å². The molecule has 1 aliphatic heterocycles. The van der Waals surface area contributed by atoms with Crippen molar-refractivity contribution in [2.75, 3.05) is 18.8 Å². The first-order chi connectivity index (χ1) is 9.35. The van der Waals surface area contributed by atoms with Crippen LogP contribution in [0.25, 0.3) is 0 Å². The molecule has 0 radical (unpaired) electrons. The van der Waals surface area contributed by atoms with Crippen molar-refractivity contribution in [3.05, 3.63) is 0 Å². The molecule has 1 fully saturated rings. The maximum atomic E-state index is 12.4. The van der Waals surface area contributed by atoms with Crippen LogP contribution in [-0.2, 0) is 14.8 Å². The molecule has 0 unspecified atom stereocenters. The highest BCUT2D eigenvalue weighted by Crippen LogP contribution is 2.14. The van der Waals surface area contributed by atoms with Gasteiger partial charge in [0, 0.05) is 13.1 Å². The van der Waals surface area contributed by atoms with Crippen LogP contribution in [0.15, 0.2) is 0 Å². The highest BCUT2D eigenvalue weighted by molar-refractivity contribution is 7.89. The zero-order valence-electron chi connectivity index (χ0n) is 12.9. The molecule has 0 aromatic rings. The highest BCUT2D eigenvalue weighted by Gasteiger charge is 2.30. The maximum Gasteiger partial charge on any atom is 0.240 e. The largest absolute Gasteiger partial charge is 0.341 e. The standard InChI is InChI=1S/C14H28N2O3S/c1-4-5-10-20(18,19)15-13(11-12(2)3)14(17)16-8-6-7-9-16/h12-13,15H,4-11H2,1-3H3/t13-/m1/s1. The molecule has 118 valence electrons. The predicted octanol–water partition coefficient (Wildman–Crippen LogP) is 1.74. The van der Waals surface area contributed by atoms with Gasteiger partial charge in [0.2, 0.25) is 15.9 Å². The Kier molecular flexibility index (Phi) is 6.95. The number of nitrogens with one attached hydrogen (secondary N) is 1. The third-order valence-corrected chi connectivity index (χ3v) is 4.98. The van der Waals surface area contributed by atoms with Gasteiger partial charge in [-0.05, 0) is 31.6 Å². The lowest BCUT2D eigenvalue weighted by atomic mass is 10.0. The molecule has 0 bridgehead atoms. The van der Waals surface area contributed by atoms with Gasteiger partial charge in [-0.15, -0.1) is 0 Å². The average molecular weight is 304 g/mol. The summed E-state index contributed by atoms with van der Waals surface area (Å²) in [7, 11) is -3.36. The number of nitrogens with zero attached hydrogens (tertiary/aromatic N) is 1. The second-order valence-corrected chi connectivity index (χ2v) is 7.88. The Morgan fingerprint density at radius 3 is 2.35 bits per heavy atom. The van der Waals surface area contributed by atoms with Crippen LogP contribution in [0.4, 0.5) is 0 Å². The summed E-state index contributed by atoms with van der Waals surface area (Å²) in [4.78, 5) is 14.2. The van der Waals surface area contributed by atoms with Crippen LogP contribution >= 0.6 is 0 Å². The summed E-state index contributed by atoms with van der Waals surface area (Å²) in [5, 5.41) is 0. The number of rotatable bonds is 8. The number of carbonyl (C=O) groups excluding carboxylic acids is 1. The Labute approximate surface area is 123 Å². The Balaban J connectivity index is 2.70. The number of likely N-dealkylation sites (tertiary alicyclic amines) is 1. The van der Waals surface area contributed by atoms with Crippen LogP contribution in [0.2, 0.25) is 0 Å². The van der Waals surface area contributed by atoms with E-state index >= 15 is 0 Å². The zero-order valence-corrected chi connectivity index (χ0v) is 13.7. The van der Waals surface area contributed by atoms with Crippen LogP contribution in [0.1, 0.15) is 52.9 Å². The van der Waals surface area contributed by atoms with Crippen molar-refractivity contribution in [2.45, 2.75) is 58.9 Å². The first-order valence-electron chi connectivity index (χ1n) is 7.64. The smallest absolute Gasteiger partial charge is 0.240 e. The number of carbonyl (C=O) groups is 1. The van der Waals surface area contributed by atoms with Gasteiger partial charge in [0.05, 0.1) is 5.75 Å². The van der Waals surface area contributed by atoms with Gasteiger partial charge in [-0.3, -0.25) is 4.79 Å². The van der Waals surface area contributed by atoms with E-state index in [0.717, 1.165) is 32.4 Å². The fourth-order valence-corrected chi connectivity index (χ4v) is 3.86. The van der Waals surface area contributed by atoms with Gasteiger partial charge in [0.25, 0.3) is 0 Å². The Morgan fingerprint density at radius 1 is 1.25 bits per heavy atom. The molecule has 1 amide bonds. The van der Waals surface area contributed by atoms with Gasteiger partial charge in [-0.2, -0.15) is 0 Å². The van der Waals surface area contributed by atoms with Gasteiger partial charge in [-0.25, -0.2) is 13.1 Å². The molecule has 20 heavy (non-hydrogen) atoms. The zero-order chi connectivity index (χ0) is 15.2. The number of unbranched alkanes of at least 4 members (excludes halogenated alkanes) is 1. The summed E-state index contributed by atoms with van der Waals surface area (Å²) in [5.74, 6) is 0.322. The lowest BCUT2D eigenvalue weighted by Gasteiger charge is -2.25. The molecule has 0 aliphatic carbocycles. The van der Waals surface area contributed by atoms with Crippen molar-refractivity contribution in [1.82, 2.24) is 9.62 Å². The van der Waals surface area contributed by atoms with E-state index in [2.05, 4.69) is 4.72 Å². The normalized spacial score (nSPS) is 17.7. The first-order valence-corrected chi connectivity index (χ1v) is 9.29. The van der Waals surface area contributed by atoms with E-state index in [-0.39, 0.29) is 17.6 Å². The van der Waals surface area contributed by atoms with Crippen LogP contribution < -0.4 is 4.72 Å². The van der Waals surface area contributed by atoms with Gasteiger partial charge in [-0.1, -0.05) is 27.2 Å². The molecular weight excluding hydrogens is 276 g/mol. The molecule has 0 aromatic heterocycles. The number of hydrogen-bond acceptors (Lipinski definition) is 3. The van der Waals surface area contributed by atoms with E-state index in [1.807, 2.05) is 20.8 Å². The van der Waals surface area contributed by atoms with Crippen molar-refractivity contribution in [1.29, 1.82) is 0 Å². The number of amides is 1. The Hall–Kier alpha value is -0.620. The van der Waals surface area contributed by atoms with Gasteiger partial charge >= 0.3 is 0 Å². The summed E-state index contributed by atoms with van der Waals surface area (Å²) >= 11 is 0.